The van der Waals surface area contributed by atoms with Crippen molar-refractivity contribution < 1.29 is 44.6 Å². The number of carbonyl (C=O) groups excluding carboxylic acids is 1. The molecule has 3 aromatic rings. The molecule has 3 rings (SSSR count). The molecule has 0 unspecified atom stereocenters. The molecular weight excluding hydrogens is 475 g/mol. The molecule has 0 fully saturated rings. The molecule has 0 aliphatic heterocycles. The Bertz CT molecular complexity index is 1320. The van der Waals surface area contributed by atoms with Crippen molar-refractivity contribution in [2.75, 3.05) is 14.2 Å². The minimum atomic E-state index is -5.67. The second-order valence-corrected chi connectivity index (χ2v) is 8.34. The number of pyridine rings is 1. The SMILES string of the molecule is COc1cc2c(CNS(=O)(=O)C(F)(F)F)cnc(C(=O)c3c(F)cccc3F)c2cc1OC. The van der Waals surface area contributed by atoms with Gasteiger partial charge in [-0.05, 0) is 35.2 Å². The minimum absolute atomic E-state index is 0.0487. The third-order valence-electron chi connectivity index (χ3n) is 4.64. The summed E-state index contributed by atoms with van der Waals surface area (Å²) in [4.78, 5) is 16.8. The Morgan fingerprint density at radius 2 is 1.58 bits per heavy atom. The van der Waals surface area contributed by atoms with Crippen LogP contribution in [0.1, 0.15) is 21.6 Å². The highest BCUT2D eigenvalue weighted by molar-refractivity contribution is 7.90. The van der Waals surface area contributed by atoms with Crippen LogP contribution in [0.4, 0.5) is 22.0 Å². The highest BCUT2D eigenvalue weighted by Crippen LogP contribution is 2.36. The number of hydrogen-bond acceptors (Lipinski definition) is 6. The smallest absolute Gasteiger partial charge is 0.493 e. The molecule has 0 spiro atoms. The molecule has 1 N–H and O–H groups in total. The van der Waals surface area contributed by atoms with Gasteiger partial charge < -0.3 is 9.47 Å². The number of benzene rings is 2. The van der Waals surface area contributed by atoms with Gasteiger partial charge in [0, 0.05) is 18.1 Å². The van der Waals surface area contributed by atoms with Gasteiger partial charge in [0.1, 0.15) is 17.3 Å². The first-order valence-corrected chi connectivity index (χ1v) is 10.5. The van der Waals surface area contributed by atoms with Gasteiger partial charge in [0.05, 0.1) is 19.8 Å². The van der Waals surface area contributed by atoms with E-state index in [2.05, 4.69) is 4.98 Å². The van der Waals surface area contributed by atoms with E-state index in [1.165, 1.54) is 31.1 Å². The normalized spacial score (nSPS) is 12.1. The molecule has 7 nitrogen and oxygen atoms in total. The van der Waals surface area contributed by atoms with Gasteiger partial charge in [0.15, 0.2) is 11.5 Å². The number of nitrogens with zero attached hydrogens (tertiary/aromatic N) is 1. The van der Waals surface area contributed by atoms with E-state index in [9.17, 15) is 35.2 Å². The lowest BCUT2D eigenvalue weighted by Gasteiger charge is -2.15. The first-order chi connectivity index (χ1) is 15.4. The molecule has 1 aromatic heterocycles. The molecular formula is C20H15F5N2O5S. The number of alkyl halides is 3. The van der Waals surface area contributed by atoms with E-state index in [1.54, 1.807) is 0 Å². The number of ketones is 1. The van der Waals surface area contributed by atoms with Crippen LogP contribution in [0.2, 0.25) is 0 Å². The van der Waals surface area contributed by atoms with Crippen LogP contribution in [0.25, 0.3) is 10.8 Å². The molecule has 0 atom stereocenters. The van der Waals surface area contributed by atoms with Crippen molar-refractivity contribution in [3.63, 3.8) is 0 Å². The molecule has 0 bridgehead atoms. The number of sulfonamides is 1. The van der Waals surface area contributed by atoms with Gasteiger partial charge >= 0.3 is 15.5 Å². The summed E-state index contributed by atoms with van der Waals surface area (Å²) in [5.74, 6) is -3.23. The Hall–Kier alpha value is -3.32. The summed E-state index contributed by atoms with van der Waals surface area (Å²) in [6.07, 6.45) is 0.930. The summed E-state index contributed by atoms with van der Waals surface area (Å²) < 4.78 is 101. The van der Waals surface area contributed by atoms with Crippen molar-refractivity contribution in [2.45, 2.75) is 12.1 Å². The molecule has 1 heterocycles. The van der Waals surface area contributed by atoms with Crippen LogP contribution >= 0.6 is 0 Å². The Balaban J connectivity index is 2.21. The number of nitrogens with one attached hydrogen (secondary N) is 1. The van der Waals surface area contributed by atoms with Crippen LogP contribution in [0.3, 0.4) is 0 Å². The Morgan fingerprint density at radius 1 is 1.03 bits per heavy atom. The maximum Gasteiger partial charge on any atom is 0.511 e. The third kappa shape index (κ3) is 4.59. The van der Waals surface area contributed by atoms with Crippen LogP contribution in [-0.4, -0.2) is 38.9 Å². The predicted octanol–water partition coefficient (Wildman–Crippen LogP) is 3.70. The van der Waals surface area contributed by atoms with E-state index in [1.807, 2.05) is 0 Å². The summed E-state index contributed by atoms with van der Waals surface area (Å²) in [5.41, 5.74) is -6.93. The van der Waals surface area contributed by atoms with Gasteiger partial charge in [-0.1, -0.05) is 6.07 Å². The average molecular weight is 490 g/mol. The largest absolute Gasteiger partial charge is 0.511 e. The van der Waals surface area contributed by atoms with Crippen molar-refractivity contribution in [1.29, 1.82) is 0 Å². The van der Waals surface area contributed by atoms with E-state index in [0.717, 1.165) is 24.4 Å². The van der Waals surface area contributed by atoms with Crippen molar-refractivity contribution >= 4 is 26.6 Å². The van der Waals surface area contributed by atoms with Crippen LogP contribution < -0.4 is 14.2 Å². The van der Waals surface area contributed by atoms with E-state index >= 15 is 0 Å². The van der Waals surface area contributed by atoms with Gasteiger partial charge in [-0.25, -0.2) is 21.9 Å². The standard InChI is InChI=1S/C20H15F5N2O5S/c1-31-15-6-11-10(9-27-33(29,30)20(23,24)25)8-26-18(12(11)7-16(15)32-2)19(28)17-13(21)4-3-5-14(17)22/h3-8,27H,9H2,1-2H3. The van der Waals surface area contributed by atoms with Gasteiger partial charge in [-0.2, -0.15) is 13.2 Å². The fraction of sp³-hybridized carbons (Fsp3) is 0.200. The topological polar surface area (TPSA) is 94.6 Å². The molecule has 0 saturated heterocycles. The zero-order valence-electron chi connectivity index (χ0n) is 17.0. The molecule has 0 amide bonds. The fourth-order valence-electron chi connectivity index (χ4n) is 3.03. The van der Waals surface area contributed by atoms with E-state index in [-0.39, 0.29) is 27.8 Å². The van der Waals surface area contributed by atoms with Crippen molar-refractivity contribution in [1.82, 2.24) is 9.71 Å². The summed E-state index contributed by atoms with van der Waals surface area (Å²) >= 11 is 0. The predicted molar refractivity (Wildman–Crippen MR) is 106 cm³/mol. The first-order valence-electron chi connectivity index (χ1n) is 8.99. The molecule has 0 aliphatic carbocycles. The lowest BCUT2D eigenvalue weighted by Crippen LogP contribution is -2.36. The lowest BCUT2D eigenvalue weighted by atomic mass is 9.98. The van der Waals surface area contributed by atoms with Gasteiger partial charge in [-0.3, -0.25) is 9.78 Å². The number of hydrogen-bond donors (Lipinski definition) is 1. The number of carbonyl (C=O) groups is 1. The van der Waals surface area contributed by atoms with Crippen molar-refractivity contribution in [3.8, 4) is 11.5 Å². The molecule has 0 radical (unpaired) electrons. The summed E-state index contributed by atoms with van der Waals surface area (Å²) in [6.45, 7) is -0.844. The number of rotatable bonds is 7. The maximum absolute atomic E-state index is 14.2. The number of fused-ring (bicyclic) bond motifs is 1. The first kappa shape index (κ1) is 24.3. The van der Waals surface area contributed by atoms with Gasteiger partial charge in [0.25, 0.3) is 0 Å². The fourth-order valence-corrected chi connectivity index (χ4v) is 3.54. The molecule has 33 heavy (non-hydrogen) atoms. The van der Waals surface area contributed by atoms with Crippen LogP contribution in [0.5, 0.6) is 11.5 Å². The van der Waals surface area contributed by atoms with Crippen LogP contribution in [0, 0.1) is 11.6 Å². The van der Waals surface area contributed by atoms with Gasteiger partial charge in [-0.15, -0.1) is 0 Å². The van der Waals surface area contributed by atoms with E-state index < -0.39 is 50.8 Å². The number of halogens is 5. The molecule has 0 saturated carbocycles. The van der Waals surface area contributed by atoms with Crippen molar-refractivity contribution in [3.05, 3.63) is 65.0 Å². The Labute approximate surface area is 184 Å². The van der Waals surface area contributed by atoms with E-state index in [4.69, 9.17) is 9.47 Å². The average Bonchev–Trinajstić information content (AvgIpc) is 2.75. The molecule has 13 heteroatoms. The maximum atomic E-state index is 14.2. The number of ether oxygens (including phenoxy) is 2. The Kier molecular flexibility index (Phi) is 6.56. The molecule has 176 valence electrons. The number of methoxy groups -OCH3 is 2. The summed E-state index contributed by atoms with van der Waals surface area (Å²) in [5, 5.41) is -0.00312. The summed E-state index contributed by atoms with van der Waals surface area (Å²) in [7, 11) is -3.12. The monoisotopic (exact) mass is 490 g/mol. The highest BCUT2D eigenvalue weighted by Gasteiger charge is 2.45. The lowest BCUT2D eigenvalue weighted by molar-refractivity contribution is -0.0448. The zero-order valence-corrected chi connectivity index (χ0v) is 17.8. The quantitative estimate of drug-likeness (QED) is 0.401. The second-order valence-electron chi connectivity index (χ2n) is 6.58. The van der Waals surface area contributed by atoms with Gasteiger partial charge in [0.2, 0.25) is 5.78 Å². The second kappa shape index (κ2) is 8.90. The summed E-state index contributed by atoms with van der Waals surface area (Å²) in [6, 6.07) is 5.35. The zero-order chi connectivity index (χ0) is 24.6. The third-order valence-corrected chi connectivity index (χ3v) is 5.77. The molecule has 2 aromatic carbocycles. The Morgan fingerprint density at radius 3 is 2.09 bits per heavy atom. The highest BCUT2D eigenvalue weighted by atomic mass is 32.2. The van der Waals surface area contributed by atoms with E-state index in [0.29, 0.717) is 0 Å². The van der Waals surface area contributed by atoms with Crippen molar-refractivity contribution in [2.24, 2.45) is 0 Å². The van der Waals surface area contributed by atoms with Crippen LogP contribution in [0.15, 0.2) is 36.5 Å². The molecule has 0 aliphatic rings. The minimum Gasteiger partial charge on any atom is -0.493 e. The number of aromatic nitrogens is 1. The van der Waals surface area contributed by atoms with Crippen LogP contribution in [-0.2, 0) is 16.6 Å².